The third-order valence-corrected chi connectivity index (χ3v) is 6.55. The van der Waals surface area contributed by atoms with Crippen LogP contribution in [-0.4, -0.2) is 42.3 Å². The summed E-state index contributed by atoms with van der Waals surface area (Å²) in [5.74, 6) is 0.608. The number of amides is 1. The predicted molar refractivity (Wildman–Crippen MR) is 141 cm³/mol. The Bertz CT molecular complexity index is 1320. The van der Waals surface area contributed by atoms with Crippen LogP contribution in [0.3, 0.4) is 0 Å². The molecule has 1 aliphatic heterocycles. The fourth-order valence-corrected chi connectivity index (χ4v) is 4.57. The van der Waals surface area contributed by atoms with Crippen LogP contribution in [0.15, 0.2) is 83.4 Å². The van der Waals surface area contributed by atoms with Crippen LogP contribution in [0.2, 0.25) is 5.02 Å². The van der Waals surface area contributed by atoms with Crippen LogP contribution >= 0.6 is 11.6 Å². The number of aromatic nitrogens is 1. The number of ether oxygens (including phenoxy) is 1. The molecule has 184 valence electrons. The molecule has 3 aromatic carbocycles. The summed E-state index contributed by atoms with van der Waals surface area (Å²) in [4.78, 5) is 17.8. The van der Waals surface area contributed by atoms with Crippen molar-refractivity contribution in [1.82, 2.24) is 10.1 Å². The van der Waals surface area contributed by atoms with Gasteiger partial charge >= 0.3 is 0 Å². The summed E-state index contributed by atoms with van der Waals surface area (Å²) in [5.41, 5.74) is 5.36. The number of morpholine rings is 1. The highest BCUT2D eigenvalue weighted by molar-refractivity contribution is 6.30. The first-order valence-corrected chi connectivity index (χ1v) is 12.4. The molecule has 1 fully saturated rings. The molecule has 2 heterocycles. The van der Waals surface area contributed by atoms with Crippen molar-refractivity contribution in [2.45, 2.75) is 20.0 Å². The predicted octanol–water partition coefficient (Wildman–Crippen LogP) is 5.98. The third kappa shape index (κ3) is 5.45. The number of hydrogen-bond acceptors (Lipinski definition) is 5. The van der Waals surface area contributed by atoms with Crippen LogP contribution in [-0.2, 0) is 17.8 Å². The summed E-state index contributed by atoms with van der Waals surface area (Å²) in [6.07, 6.45) is 0. The summed E-state index contributed by atoms with van der Waals surface area (Å²) in [6, 6.07) is 25.2. The molecule has 0 saturated carbocycles. The Morgan fingerprint density at radius 3 is 2.44 bits per heavy atom. The second-order valence-corrected chi connectivity index (χ2v) is 9.37. The van der Waals surface area contributed by atoms with E-state index >= 15 is 0 Å². The lowest BCUT2D eigenvalue weighted by Gasteiger charge is -2.28. The van der Waals surface area contributed by atoms with Gasteiger partial charge in [0.25, 0.3) is 5.91 Å². The van der Waals surface area contributed by atoms with Crippen molar-refractivity contribution in [3.63, 3.8) is 0 Å². The number of halogens is 1. The Labute approximate surface area is 216 Å². The van der Waals surface area contributed by atoms with E-state index in [1.807, 2.05) is 47.4 Å². The van der Waals surface area contributed by atoms with Crippen molar-refractivity contribution in [2.24, 2.45) is 0 Å². The Balaban J connectivity index is 1.56. The van der Waals surface area contributed by atoms with Gasteiger partial charge in [-0.3, -0.25) is 4.79 Å². The molecule has 1 amide bonds. The number of carbonyl (C=O) groups is 1. The standard InChI is InChI=1S/C29H28ClN3O3/c1-21-6-5-9-24(18-21)27-26(29(36-31-27)32-14-16-35-17-15-32)20-33(19-22-7-3-2-4-8-22)28(34)23-10-12-25(30)13-11-23/h2-13,18H,14-17,19-20H2,1H3. The van der Waals surface area contributed by atoms with Crippen molar-refractivity contribution < 1.29 is 14.1 Å². The van der Waals surface area contributed by atoms with Crippen LogP contribution in [0.5, 0.6) is 0 Å². The second kappa shape index (κ2) is 11.0. The van der Waals surface area contributed by atoms with Gasteiger partial charge in [-0.1, -0.05) is 70.9 Å². The molecule has 0 radical (unpaired) electrons. The SMILES string of the molecule is Cc1cccc(-c2noc(N3CCOCC3)c2CN(Cc2ccccc2)C(=O)c2ccc(Cl)cc2)c1. The number of nitrogens with zero attached hydrogens (tertiary/aromatic N) is 3. The zero-order valence-corrected chi connectivity index (χ0v) is 20.9. The Kier molecular flexibility index (Phi) is 7.35. The maximum absolute atomic E-state index is 13.8. The fraction of sp³-hybridized carbons (Fsp3) is 0.241. The number of hydrogen-bond donors (Lipinski definition) is 0. The maximum atomic E-state index is 13.8. The normalized spacial score (nSPS) is 13.6. The molecule has 0 N–H and O–H groups in total. The Hall–Kier alpha value is -3.61. The van der Waals surface area contributed by atoms with Gasteiger partial charge in [0.15, 0.2) is 0 Å². The number of benzene rings is 3. The van der Waals surface area contributed by atoms with Crippen LogP contribution < -0.4 is 4.90 Å². The average Bonchev–Trinajstić information content (AvgIpc) is 3.33. The highest BCUT2D eigenvalue weighted by Crippen LogP contribution is 2.34. The topological polar surface area (TPSA) is 58.8 Å². The summed E-state index contributed by atoms with van der Waals surface area (Å²) < 4.78 is 11.5. The molecular formula is C29H28ClN3O3. The molecule has 0 atom stereocenters. The molecule has 0 spiro atoms. The zero-order chi connectivity index (χ0) is 24.9. The van der Waals surface area contributed by atoms with E-state index < -0.39 is 0 Å². The summed E-state index contributed by atoms with van der Waals surface area (Å²) in [5, 5.41) is 5.09. The molecule has 5 rings (SSSR count). The number of aryl methyl sites for hydroxylation is 1. The lowest BCUT2D eigenvalue weighted by Crippen LogP contribution is -2.37. The molecule has 4 aromatic rings. The highest BCUT2D eigenvalue weighted by Gasteiger charge is 2.28. The second-order valence-electron chi connectivity index (χ2n) is 8.94. The Morgan fingerprint density at radius 1 is 0.972 bits per heavy atom. The lowest BCUT2D eigenvalue weighted by molar-refractivity contribution is 0.0729. The van der Waals surface area contributed by atoms with Gasteiger partial charge in [0.05, 0.1) is 25.3 Å². The summed E-state index contributed by atoms with van der Waals surface area (Å²) in [6.45, 7) is 5.50. The average molecular weight is 502 g/mol. The fourth-order valence-electron chi connectivity index (χ4n) is 4.45. The maximum Gasteiger partial charge on any atom is 0.254 e. The van der Waals surface area contributed by atoms with E-state index in [0.717, 1.165) is 27.9 Å². The molecule has 7 heteroatoms. The molecule has 1 saturated heterocycles. The molecule has 0 bridgehead atoms. The molecule has 1 aliphatic rings. The van der Waals surface area contributed by atoms with Crippen molar-refractivity contribution in [3.05, 3.63) is 106 Å². The minimum absolute atomic E-state index is 0.0835. The van der Waals surface area contributed by atoms with Crippen LogP contribution in [0.4, 0.5) is 5.88 Å². The van der Waals surface area contributed by atoms with E-state index in [0.29, 0.717) is 55.9 Å². The number of carbonyl (C=O) groups excluding carboxylic acids is 1. The zero-order valence-electron chi connectivity index (χ0n) is 20.2. The van der Waals surface area contributed by atoms with Gasteiger partial charge < -0.3 is 19.1 Å². The number of rotatable bonds is 7. The van der Waals surface area contributed by atoms with Gasteiger partial charge in [0.2, 0.25) is 5.88 Å². The quantitative estimate of drug-likeness (QED) is 0.311. The largest absolute Gasteiger partial charge is 0.378 e. The molecule has 6 nitrogen and oxygen atoms in total. The molecule has 36 heavy (non-hydrogen) atoms. The van der Waals surface area contributed by atoms with Crippen LogP contribution in [0, 0.1) is 6.92 Å². The molecule has 0 aliphatic carbocycles. The van der Waals surface area contributed by atoms with Gasteiger partial charge in [0.1, 0.15) is 5.69 Å². The third-order valence-electron chi connectivity index (χ3n) is 6.30. The first-order chi connectivity index (χ1) is 17.6. The Morgan fingerprint density at radius 2 is 1.72 bits per heavy atom. The van der Waals surface area contributed by atoms with Crippen molar-refractivity contribution in [2.75, 3.05) is 31.2 Å². The first-order valence-electron chi connectivity index (χ1n) is 12.1. The van der Waals surface area contributed by atoms with Crippen molar-refractivity contribution in [3.8, 4) is 11.3 Å². The van der Waals surface area contributed by atoms with E-state index in [1.165, 1.54) is 0 Å². The molecule has 1 aromatic heterocycles. The lowest BCUT2D eigenvalue weighted by atomic mass is 10.0. The van der Waals surface area contributed by atoms with E-state index in [9.17, 15) is 4.79 Å². The van der Waals surface area contributed by atoms with E-state index in [4.69, 9.17) is 20.9 Å². The smallest absolute Gasteiger partial charge is 0.254 e. The van der Waals surface area contributed by atoms with E-state index in [-0.39, 0.29) is 5.91 Å². The molecular weight excluding hydrogens is 474 g/mol. The van der Waals surface area contributed by atoms with E-state index in [2.05, 4.69) is 29.1 Å². The van der Waals surface area contributed by atoms with Crippen LogP contribution in [0.1, 0.15) is 27.0 Å². The highest BCUT2D eigenvalue weighted by atomic mass is 35.5. The van der Waals surface area contributed by atoms with Crippen molar-refractivity contribution in [1.29, 1.82) is 0 Å². The minimum atomic E-state index is -0.0835. The summed E-state index contributed by atoms with van der Waals surface area (Å²) in [7, 11) is 0. The first kappa shape index (κ1) is 24.1. The molecule has 0 unspecified atom stereocenters. The number of anilines is 1. The van der Waals surface area contributed by atoms with Gasteiger partial charge in [-0.05, 0) is 42.8 Å². The summed E-state index contributed by atoms with van der Waals surface area (Å²) >= 11 is 6.09. The monoisotopic (exact) mass is 501 g/mol. The van der Waals surface area contributed by atoms with Crippen molar-refractivity contribution >= 4 is 23.4 Å². The minimum Gasteiger partial charge on any atom is -0.378 e. The van der Waals surface area contributed by atoms with Gasteiger partial charge in [-0.25, -0.2) is 0 Å². The van der Waals surface area contributed by atoms with E-state index in [1.54, 1.807) is 24.3 Å². The van der Waals surface area contributed by atoms with Gasteiger partial charge in [0, 0.05) is 35.8 Å². The van der Waals surface area contributed by atoms with Gasteiger partial charge in [-0.2, -0.15) is 0 Å². The van der Waals surface area contributed by atoms with Crippen LogP contribution in [0.25, 0.3) is 11.3 Å². The van der Waals surface area contributed by atoms with Gasteiger partial charge in [-0.15, -0.1) is 0 Å².